The number of aromatic nitrogens is 1. The fraction of sp³-hybridized carbons (Fsp3) is 0.214. The zero-order valence-corrected chi connectivity index (χ0v) is 12.3. The monoisotopic (exact) mass is 320 g/mol. The Kier molecular flexibility index (Phi) is 3.97. The topological polar surface area (TPSA) is 78.7 Å². The summed E-state index contributed by atoms with van der Waals surface area (Å²) in [5, 5.41) is 6.70. The molecular weight excluding hydrogens is 308 g/mol. The molecule has 1 aromatic carbocycles. The largest absolute Gasteiger partial charge is 0.363 e. The number of nitrogens with one attached hydrogen (secondary N) is 1. The van der Waals surface area contributed by atoms with Gasteiger partial charge < -0.3 is 14.7 Å². The molecule has 1 saturated heterocycles. The lowest BCUT2D eigenvalue weighted by atomic mass is 10.3. The first-order valence-corrected chi connectivity index (χ1v) is 7.03. The Balaban J connectivity index is 1.62. The van der Waals surface area contributed by atoms with E-state index in [1.54, 1.807) is 23.1 Å². The van der Waals surface area contributed by atoms with Crippen LogP contribution in [0.2, 0.25) is 5.02 Å². The second-order valence-corrected chi connectivity index (χ2v) is 5.20. The molecule has 1 fully saturated rings. The molecule has 0 aliphatic carbocycles. The summed E-state index contributed by atoms with van der Waals surface area (Å²) in [6, 6.07) is 8.36. The Morgan fingerprint density at radius 2 is 2.23 bits per heavy atom. The Morgan fingerprint density at radius 1 is 1.36 bits per heavy atom. The van der Waals surface area contributed by atoms with Gasteiger partial charge in [0.25, 0.3) is 0 Å². The summed E-state index contributed by atoms with van der Waals surface area (Å²) < 4.78 is 4.63. The van der Waals surface area contributed by atoms with Crippen molar-refractivity contribution in [3.05, 3.63) is 41.6 Å². The Bertz CT molecular complexity index is 689. The Labute approximate surface area is 131 Å². The molecule has 0 bridgehead atoms. The predicted octanol–water partition coefficient (Wildman–Crippen LogP) is 2.21. The average molecular weight is 321 g/mol. The Hall–Kier alpha value is -2.54. The number of hydrogen-bond donors (Lipinski definition) is 1. The minimum Gasteiger partial charge on any atom is -0.363 e. The third-order valence-electron chi connectivity index (χ3n) is 3.25. The van der Waals surface area contributed by atoms with Crippen LogP contribution < -0.4 is 10.2 Å². The summed E-state index contributed by atoms with van der Waals surface area (Å²) in [7, 11) is 0. The summed E-state index contributed by atoms with van der Waals surface area (Å²) in [5.74, 6) is -0.00135. The van der Waals surface area contributed by atoms with Crippen LogP contribution in [0.15, 0.2) is 41.1 Å². The first-order valence-electron chi connectivity index (χ1n) is 6.66. The lowest BCUT2D eigenvalue weighted by Gasteiger charge is -2.18. The third-order valence-corrected chi connectivity index (χ3v) is 3.49. The number of carbonyl (C=O) groups excluding carboxylic acids is 2. The fourth-order valence-electron chi connectivity index (χ4n) is 2.25. The van der Waals surface area contributed by atoms with Gasteiger partial charge in [-0.2, -0.15) is 0 Å². The van der Waals surface area contributed by atoms with E-state index in [1.807, 2.05) is 6.07 Å². The van der Waals surface area contributed by atoms with Gasteiger partial charge in [-0.05, 0) is 18.2 Å². The van der Waals surface area contributed by atoms with Gasteiger partial charge in [-0.15, -0.1) is 0 Å². The lowest BCUT2D eigenvalue weighted by Crippen LogP contribution is -2.37. The molecule has 8 heteroatoms. The van der Waals surface area contributed by atoms with Crippen LogP contribution in [-0.2, 0) is 4.79 Å². The lowest BCUT2D eigenvalue weighted by molar-refractivity contribution is -0.116. The number of hydrogen-bond acceptors (Lipinski definition) is 4. The quantitative estimate of drug-likeness (QED) is 0.936. The zero-order chi connectivity index (χ0) is 15.5. The highest BCUT2D eigenvalue weighted by Crippen LogP contribution is 2.23. The van der Waals surface area contributed by atoms with Crippen molar-refractivity contribution in [2.75, 3.05) is 29.9 Å². The van der Waals surface area contributed by atoms with Crippen LogP contribution in [0.5, 0.6) is 0 Å². The van der Waals surface area contributed by atoms with Gasteiger partial charge in [0.2, 0.25) is 5.91 Å². The minimum absolute atomic E-state index is 0.0389. The smallest absolute Gasteiger partial charge is 0.325 e. The highest BCUT2D eigenvalue weighted by molar-refractivity contribution is 6.30. The molecule has 3 rings (SSSR count). The van der Waals surface area contributed by atoms with Gasteiger partial charge in [-0.3, -0.25) is 9.69 Å². The van der Waals surface area contributed by atoms with Gasteiger partial charge in [0.05, 0.1) is 0 Å². The summed E-state index contributed by atoms with van der Waals surface area (Å²) in [4.78, 5) is 27.3. The highest BCUT2D eigenvalue weighted by Gasteiger charge is 2.30. The van der Waals surface area contributed by atoms with Crippen LogP contribution in [0.1, 0.15) is 0 Å². The third kappa shape index (κ3) is 3.04. The van der Waals surface area contributed by atoms with E-state index in [1.165, 1.54) is 17.2 Å². The maximum atomic E-state index is 12.3. The zero-order valence-electron chi connectivity index (χ0n) is 11.5. The number of benzene rings is 1. The van der Waals surface area contributed by atoms with E-state index < -0.39 is 0 Å². The molecule has 22 heavy (non-hydrogen) atoms. The number of halogens is 1. The van der Waals surface area contributed by atoms with E-state index in [9.17, 15) is 9.59 Å². The summed E-state index contributed by atoms with van der Waals surface area (Å²) >= 11 is 5.94. The van der Waals surface area contributed by atoms with Gasteiger partial charge in [0.1, 0.15) is 12.8 Å². The van der Waals surface area contributed by atoms with E-state index in [0.29, 0.717) is 23.9 Å². The van der Waals surface area contributed by atoms with Crippen molar-refractivity contribution < 1.29 is 14.1 Å². The molecule has 0 unspecified atom stereocenters. The van der Waals surface area contributed by atoms with Crippen molar-refractivity contribution in [1.29, 1.82) is 0 Å². The van der Waals surface area contributed by atoms with E-state index >= 15 is 0 Å². The molecule has 1 N–H and O–H groups in total. The van der Waals surface area contributed by atoms with Gasteiger partial charge in [0.15, 0.2) is 5.82 Å². The van der Waals surface area contributed by atoms with Gasteiger partial charge in [0, 0.05) is 29.9 Å². The SMILES string of the molecule is O=C(CN1CCN(c2cccc(Cl)c2)C1=O)Nc1ccon1. The number of amides is 3. The van der Waals surface area contributed by atoms with Crippen LogP contribution in [-0.4, -0.2) is 41.6 Å². The maximum absolute atomic E-state index is 12.3. The number of rotatable bonds is 4. The van der Waals surface area contributed by atoms with E-state index in [-0.39, 0.29) is 18.5 Å². The molecule has 0 spiro atoms. The molecule has 1 aliphatic heterocycles. The van der Waals surface area contributed by atoms with Gasteiger partial charge in [-0.1, -0.05) is 22.8 Å². The molecule has 1 aromatic heterocycles. The van der Waals surface area contributed by atoms with Crippen LogP contribution in [0, 0.1) is 0 Å². The van der Waals surface area contributed by atoms with E-state index in [0.717, 1.165) is 5.69 Å². The number of nitrogens with zero attached hydrogens (tertiary/aromatic N) is 3. The van der Waals surface area contributed by atoms with E-state index in [2.05, 4.69) is 15.0 Å². The standard InChI is InChI=1S/C14H13ClN4O3/c15-10-2-1-3-11(8-10)19-6-5-18(14(19)21)9-13(20)16-12-4-7-22-17-12/h1-4,7-8H,5-6,9H2,(H,16,17,20). The van der Waals surface area contributed by atoms with Crippen molar-refractivity contribution in [2.24, 2.45) is 0 Å². The molecule has 2 aromatic rings. The fourth-order valence-corrected chi connectivity index (χ4v) is 2.43. The first-order chi connectivity index (χ1) is 10.6. The first kappa shape index (κ1) is 14.4. The highest BCUT2D eigenvalue weighted by atomic mass is 35.5. The second-order valence-electron chi connectivity index (χ2n) is 4.77. The number of carbonyl (C=O) groups is 2. The molecule has 0 radical (unpaired) electrons. The van der Waals surface area contributed by atoms with Crippen molar-refractivity contribution >= 4 is 35.0 Å². The van der Waals surface area contributed by atoms with Crippen LogP contribution in [0.4, 0.5) is 16.3 Å². The van der Waals surface area contributed by atoms with Crippen LogP contribution in [0.25, 0.3) is 0 Å². The van der Waals surface area contributed by atoms with Crippen molar-refractivity contribution in [2.45, 2.75) is 0 Å². The molecule has 0 saturated carbocycles. The maximum Gasteiger partial charge on any atom is 0.325 e. The number of urea groups is 1. The second kappa shape index (κ2) is 6.07. The molecule has 114 valence electrons. The van der Waals surface area contributed by atoms with Gasteiger partial charge in [-0.25, -0.2) is 4.79 Å². The number of anilines is 2. The van der Waals surface area contributed by atoms with E-state index in [4.69, 9.17) is 11.6 Å². The molecule has 0 atom stereocenters. The average Bonchev–Trinajstić information content (AvgIpc) is 3.10. The normalized spacial score (nSPS) is 14.5. The molecule has 1 aliphatic rings. The summed E-state index contributed by atoms with van der Waals surface area (Å²) in [6.07, 6.45) is 1.36. The van der Waals surface area contributed by atoms with Crippen molar-refractivity contribution in [3.8, 4) is 0 Å². The van der Waals surface area contributed by atoms with Crippen LogP contribution in [0.3, 0.4) is 0 Å². The van der Waals surface area contributed by atoms with Crippen LogP contribution >= 0.6 is 11.6 Å². The van der Waals surface area contributed by atoms with Gasteiger partial charge >= 0.3 is 6.03 Å². The molecule has 7 nitrogen and oxygen atoms in total. The summed E-state index contributed by atoms with van der Waals surface area (Å²) in [6.45, 7) is 0.941. The molecule has 2 heterocycles. The molecular formula is C14H13ClN4O3. The minimum atomic E-state index is -0.324. The van der Waals surface area contributed by atoms with Crippen molar-refractivity contribution in [3.63, 3.8) is 0 Å². The predicted molar refractivity (Wildman–Crippen MR) is 80.9 cm³/mol. The van der Waals surface area contributed by atoms with Crippen molar-refractivity contribution in [1.82, 2.24) is 10.1 Å². The Morgan fingerprint density at radius 3 is 2.95 bits per heavy atom. The summed E-state index contributed by atoms with van der Waals surface area (Å²) in [5.41, 5.74) is 0.719. The molecule has 3 amide bonds.